The zero-order valence-corrected chi connectivity index (χ0v) is 9.58. The highest BCUT2D eigenvalue weighted by Gasteiger charge is 2.19. The number of aliphatic hydroxyl groups is 1. The summed E-state index contributed by atoms with van der Waals surface area (Å²) in [6, 6.07) is 10.00. The van der Waals surface area contributed by atoms with Crippen molar-refractivity contribution < 1.29 is 5.11 Å². The van der Waals surface area contributed by atoms with Gasteiger partial charge >= 0.3 is 0 Å². The zero-order chi connectivity index (χ0) is 10.9. The minimum absolute atomic E-state index is 0.728. The molecule has 1 N–H and O–H groups in total. The number of hydrogen-bond acceptors (Lipinski definition) is 3. The van der Waals surface area contributed by atoms with Gasteiger partial charge in [-0.2, -0.15) is 0 Å². The summed E-state index contributed by atoms with van der Waals surface area (Å²) < 4.78 is 0. The van der Waals surface area contributed by atoms with Crippen molar-refractivity contribution in [2.24, 2.45) is 0 Å². The average Bonchev–Trinajstić information content (AvgIpc) is 2.67. The molecule has 2 nitrogen and oxygen atoms in total. The van der Waals surface area contributed by atoms with Gasteiger partial charge in [0.1, 0.15) is 10.6 Å². The highest BCUT2D eigenvalue weighted by molar-refractivity contribution is 7.13. The van der Waals surface area contributed by atoms with Crippen LogP contribution >= 0.6 is 11.3 Å². The highest BCUT2D eigenvalue weighted by atomic mass is 32.1. The number of hydrogen-bond donors (Lipinski definition) is 1. The van der Waals surface area contributed by atoms with Crippen LogP contribution in [-0.2, 0) is 5.60 Å². The summed E-state index contributed by atoms with van der Waals surface area (Å²) in [5.74, 6) is 0. The normalized spacial score (nSPS) is 11.7. The molecule has 0 aliphatic carbocycles. The fraction of sp³-hybridized carbons (Fsp3) is 0.250. The molecule has 0 saturated heterocycles. The fourth-order valence-corrected chi connectivity index (χ4v) is 2.26. The molecule has 0 saturated carbocycles. The molecule has 0 amide bonds. The third-order valence-electron chi connectivity index (χ3n) is 2.15. The summed E-state index contributed by atoms with van der Waals surface area (Å²) in [6.45, 7) is 3.49. The second kappa shape index (κ2) is 3.76. The third kappa shape index (κ3) is 2.25. The number of benzene rings is 1. The Balaban J connectivity index is 2.37. The Morgan fingerprint density at radius 1 is 1.20 bits per heavy atom. The largest absolute Gasteiger partial charge is 0.384 e. The minimum Gasteiger partial charge on any atom is -0.384 e. The lowest BCUT2D eigenvalue weighted by atomic mass is 10.1. The summed E-state index contributed by atoms with van der Waals surface area (Å²) in [7, 11) is 0. The Labute approximate surface area is 93.2 Å². The smallest absolute Gasteiger partial charge is 0.123 e. The first-order valence-electron chi connectivity index (χ1n) is 4.81. The lowest BCUT2D eigenvalue weighted by molar-refractivity contribution is 0.0746. The average molecular weight is 219 g/mol. The van der Waals surface area contributed by atoms with Crippen LogP contribution in [0.15, 0.2) is 35.7 Å². The molecule has 15 heavy (non-hydrogen) atoms. The van der Waals surface area contributed by atoms with E-state index in [0.29, 0.717) is 0 Å². The second-order valence-electron chi connectivity index (χ2n) is 3.96. The molecule has 0 spiro atoms. The lowest BCUT2D eigenvalue weighted by Crippen LogP contribution is -2.15. The van der Waals surface area contributed by atoms with E-state index < -0.39 is 5.60 Å². The van der Waals surface area contributed by atoms with Crippen LogP contribution in [-0.4, -0.2) is 10.1 Å². The highest BCUT2D eigenvalue weighted by Crippen LogP contribution is 2.28. The van der Waals surface area contributed by atoms with E-state index in [1.165, 1.54) is 0 Å². The van der Waals surface area contributed by atoms with Gasteiger partial charge in [0.15, 0.2) is 0 Å². The third-order valence-corrected chi connectivity index (χ3v) is 3.04. The number of thiazole rings is 1. The van der Waals surface area contributed by atoms with Crippen molar-refractivity contribution in [3.8, 4) is 10.6 Å². The molecule has 2 rings (SSSR count). The number of rotatable bonds is 2. The van der Waals surface area contributed by atoms with Crippen LogP contribution in [0.25, 0.3) is 10.6 Å². The molecular formula is C12H13NOS. The van der Waals surface area contributed by atoms with Gasteiger partial charge in [0, 0.05) is 10.9 Å². The molecule has 0 radical (unpaired) electrons. The number of nitrogens with zero attached hydrogens (tertiary/aromatic N) is 1. The van der Waals surface area contributed by atoms with Gasteiger partial charge in [-0.25, -0.2) is 4.98 Å². The first kappa shape index (κ1) is 10.3. The summed E-state index contributed by atoms with van der Waals surface area (Å²) >= 11 is 1.56. The van der Waals surface area contributed by atoms with Crippen molar-refractivity contribution in [3.05, 3.63) is 41.4 Å². The molecular weight excluding hydrogens is 206 g/mol. The monoisotopic (exact) mass is 219 g/mol. The molecule has 0 fully saturated rings. The maximum atomic E-state index is 9.79. The van der Waals surface area contributed by atoms with E-state index in [1.54, 1.807) is 25.2 Å². The van der Waals surface area contributed by atoms with Crippen LogP contribution in [0.5, 0.6) is 0 Å². The van der Waals surface area contributed by atoms with Crippen molar-refractivity contribution in [2.75, 3.05) is 0 Å². The Morgan fingerprint density at radius 2 is 1.87 bits per heavy atom. The summed E-state index contributed by atoms with van der Waals surface area (Å²) in [5.41, 5.74) is 0.966. The Morgan fingerprint density at radius 3 is 2.40 bits per heavy atom. The van der Waals surface area contributed by atoms with Crippen molar-refractivity contribution in [1.29, 1.82) is 0 Å². The van der Waals surface area contributed by atoms with Crippen molar-refractivity contribution in [3.63, 3.8) is 0 Å². The van der Waals surface area contributed by atoms with Crippen molar-refractivity contribution in [2.45, 2.75) is 19.4 Å². The van der Waals surface area contributed by atoms with Gasteiger partial charge in [-0.3, -0.25) is 0 Å². The predicted molar refractivity (Wildman–Crippen MR) is 62.8 cm³/mol. The van der Waals surface area contributed by atoms with E-state index in [-0.39, 0.29) is 0 Å². The molecule has 0 aliphatic rings. The SMILES string of the molecule is CC(C)(O)c1csc(-c2ccccc2)n1. The van der Waals surface area contributed by atoms with E-state index in [9.17, 15) is 5.11 Å². The molecule has 3 heteroatoms. The van der Waals surface area contributed by atoms with Gasteiger partial charge in [0.05, 0.1) is 5.69 Å². The van der Waals surface area contributed by atoms with Crippen LogP contribution in [0, 0.1) is 0 Å². The molecule has 78 valence electrons. The molecule has 1 aromatic carbocycles. The van der Waals surface area contributed by atoms with E-state index >= 15 is 0 Å². The van der Waals surface area contributed by atoms with Gasteiger partial charge in [0.25, 0.3) is 0 Å². The fourth-order valence-electron chi connectivity index (χ4n) is 1.27. The van der Waals surface area contributed by atoms with Crippen LogP contribution in [0.1, 0.15) is 19.5 Å². The second-order valence-corrected chi connectivity index (χ2v) is 4.82. The minimum atomic E-state index is -0.858. The van der Waals surface area contributed by atoms with Crippen LogP contribution < -0.4 is 0 Å². The van der Waals surface area contributed by atoms with Gasteiger partial charge < -0.3 is 5.11 Å². The van der Waals surface area contributed by atoms with Crippen LogP contribution in [0.4, 0.5) is 0 Å². The maximum Gasteiger partial charge on any atom is 0.123 e. The molecule has 1 heterocycles. The summed E-state index contributed by atoms with van der Waals surface area (Å²) in [6.07, 6.45) is 0. The lowest BCUT2D eigenvalue weighted by Gasteiger charge is -2.12. The molecule has 0 bridgehead atoms. The number of aromatic nitrogens is 1. The van der Waals surface area contributed by atoms with Gasteiger partial charge in [-0.1, -0.05) is 30.3 Å². The molecule has 2 aromatic rings. The Kier molecular flexibility index (Phi) is 2.59. The topological polar surface area (TPSA) is 33.1 Å². The molecule has 0 unspecified atom stereocenters. The first-order valence-corrected chi connectivity index (χ1v) is 5.69. The van der Waals surface area contributed by atoms with E-state index in [0.717, 1.165) is 16.3 Å². The van der Waals surface area contributed by atoms with Gasteiger partial charge in [0.2, 0.25) is 0 Å². The van der Waals surface area contributed by atoms with Gasteiger partial charge in [-0.15, -0.1) is 11.3 Å². The molecule has 0 atom stereocenters. The standard InChI is InChI=1S/C12H13NOS/c1-12(2,14)10-8-15-11(13-10)9-6-4-3-5-7-9/h3-8,14H,1-2H3. The molecule has 0 aliphatic heterocycles. The van der Waals surface area contributed by atoms with E-state index in [1.807, 2.05) is 35.7 Å². The van der Waals surface area contributed by atoms with Crippen LogP contribution in [0.3, 0.4) is 0 Å². The Bertz CT molecular complexity index is 442. The quantitative estimate of drug-likeness (QED) is 0.842. The molecule has 1 aromatic heterocycles. The summed E-state index contributed by atoms with van der Waals surface area (Å²) in [5, 5.41) is 12.7. The Hall–Kier alpha value is -1.19. The zero-order valence-electron chi connectivity index (χ0n) is 8.77. The predicted octanol–water partition coefficient (Wildman–Crippen LogP) is 3.04. The van der Waals surface area contributed by atoms with E-state index in [2.05, 4.69) is 4.98 Å². The summed E-state index contributed by atoms with van der Waals surface area (Å²) in [4.78, 5) is 4.42. The van der Waals surface area contributed by atoms with Crippen molar-refractivity contribution >= 4 is 11.3 Å². The first-order chi connectivity index (χ1) is 7.07. The van der Waals surface area contributed by atoms with Crippen molar-refractivity contribution in [1.82, 2.24) is 4.98 Å². The van der Waals surface area contributed by atoms with Crippen LogP contribution in [0.2, 0.25) is 0 Å². The van der Waals surface area contributed by atoms with Gasteiger partial charge in [-0.05, 0) is 13.8 Å². The van der Waals surface area contributed by atoms with E-state index in [4.69, 9.17) is 0 Å². The maximum absolute atomic E-state index is 9.79.